The Morgan fingerprint density at radius 1 is 1.22 bits per heavy atom. The first-order valence-corrected chi connectivity index (χ1v) is 5.20. The topological polar surface area (TPSA) is 64.1 Å². The first-order chi connectivity index (χ1) is 8.75. The van der Waals surface area contributed by atoms with Gasteiger partial charge in [0.25, 0.3) is 5.91 Å². The molecule has 0 fully saturated rings. The molecule has 0 saturated carbocycles. The van der Waals surface area contributed by atoms with Gasteiger partial charge in [0.1, 0.15) is 5.82 Å². The van der Waals surface area contributed by atoms with Gasteiger partial charge in [0.2, 0.25) is 0 Å². The van der Waals surface area contributed by atoms with Gasteiger partial charge in [-0.25, -0.2) is 14.4 Å². The quantitative estimate of drug-likeness (QED) is 0.891. The molecule has 0 aliphatic carbocycles. The van der Waals surface area contributed by atoms with E-state index in [2.05, 4.69) is 15.3 Å². The Labute approximate surface area is 103 Å². The van der Waals surface area contributed by atoms with Crippen molar-refractivity contribution in [1.82, 2.24) is 9.97 Å². The summed E-state index contributed by atoms with van der Waals surface area (Å²) in [6.07, 6.45) is 2.99. The molecule has 0 unspecified atom stereocenters. The SMILES string of the molecule is O=C(COc1ncccn1)Nc1ccccc1F. The number of hydrogen-bond acceptors (Lipinski definition) is 4. The Kier molecular flexibility index (Phi) is 3.80. The van der Waals surface area contributed by atoms with E-state index in [1.165, 1.54) is 24.5 Å². The van der Waals surface area contributed by atoms with Gasteiger partial charge in [-0.15, -0.1) is 0 Å². The van der Waals surface area contributed by atoms with Crippen LogP contribution in [0, 0.1) is 5.82 Å². The number of carbonyl (C=O) groups excluding carboxylic acids is 1. The number of anilines is 1. The first-order valence-electron chi connectivity index (χ1n) is 5.20. The minimum atomic E-state index is -0.498. The van der Waals surface area contributed by atoms with Crippen molar-refractivity contribution in [2.24, 2.45) is 0 Å². The summed E-state index contributed by atoms with van der Waals surface area (Å²) in [5.74, 6) is -0.977. The number of nitrogens with zero attached hydrogens (tertiary/aromatic N) is 2. The van der Waals surface area contributed by atoms with E-state index >= 15 is 0 Å². The first kappa shape index (κ1) is 12.0. The van der Waals surface area contributed by atoms with E-state index in [9.17, 15) is 9.18 Å². The number of ether oxygens (including phenoxy) is 1. The zero-order valence-corrected chi connectivity index (χ0v) is 9.34. The molecule has 0 bridgehead atoms. The standard InChI is InChI=1S/C12H10FN3O2/c13-9-4-1-2-5-10(9)16-11(17)8-18-12-14-6-3-7-15-12/h1-7H,8H2,(H,16,17). The molecule has 0 aliphatic rings. The van der Waals surface area contributed by atoms with Crippen LogP contribution in [0.5, 0.6) is 6.01 Å². The highest BCUT2D eigenvalue weighted by Gasteiger charge is 2.07. The van der Waals surface area contributed by atoms with E-state index in [1.807, 2.05) is 0 Å². The van der Waals surface area contributed by atoms with Crippen molar-refractivity contribution < 1.29 is 13.9 Å². The second-order valence-corrected chi connectivity index (χ2v) is 3.35. The van der Waals surface area contributed by atoms with Crippen LogP contribution in [0.25, 0.3) is 0 Å². The van der Waals surface area contributed by atoms with Gasteiger partial charge in [-0.3, -0.25) is 4.79 Å². The lowest BCUT2D eigenvalue weighted by Gasteiger charge is -2.06. The Hall–Kier alpha value is -2.50. The third kappa shape index (κ3) is 3.24. The van der Waals surface area contributed by atoms with E-state index in [-0.39, 0.29) is 18.3 Å². The number of nitrogens with one attached hydrogen (secondary N) is 1. The van der Waals surface area contributed by atoms with E-state index in [4.69, 9.17) is 4.74 Å². The largest absolute Gasteiger partial charge is 0.453 e. The maximum absolute atomic E-state index is 13.2. The summed E-state index contributed by atoms with van der Waals surface area (Å²) in [5, 5.41) is 2.39. The Bertz CT molecular complexity index is 534. The van der Waals surface area contributed by atoms with Gasteiger partial charge < -0.3 is 10.1 Å². The van der Waals surface area contributed by atoms with Gasteiger partial charge in [-0.2, -0.15) is 0 Å². The fourth-order valence-electron chi connectivity index (χ4n) is 1.24. The molecule has 18 heavy (non-hydrogen) atoms. The molecule has 1 N–H and O–H groups in total. The summed E-state index contributed by atoms with van der Waals surface area (Å²) in [7, 11) is 0. The molecule has 1 amide bonds. The Balaban J connectivity index is 1.88. The van der Waals surface area contributed by atoms with Crippen LogP contribution < -0.4 is 10.1 Å². The summed E-state index contributed by atoms with van der Waals surface area (Å²) < 4.78 is 18.3. The lowest BCUT2D eigenvalue weighted by Crippen LogP contribution is -2.21. The zero-order valence-electron chi connectivity index (χ0n) is 9.34. The predicted molar refractivity (Wildman–Crippen MR) is 62.6 cm³/mol. The van der Waals surface area contributed by atoms with Crippen molar-refractivity contribution >= 4 is 11.6 Å². The molecule has 0 aliphatic heterocycles. The van der Waals surface area contributed by atoms with Gasteiger partial charge in [0, 0.05) is 12.4 Å². The van der Waals surface area contributed by atoms with Crippen molar-refractivity contribution in [3.63, 3.8) is 0 Å². The molecule has 0 spiro atoms. The second kappa shape index (κ2) is 5.72. The van der Waals surface area contributed by atoms with E-state index < -0.39 is 11.7 Å². The summed E-state index contributed by atoms with van der Waals surface area (Å²) in [4.78, 5) is 19.1. The number of benzene rings is 1. The normalized spacial score (nSPS) is 9.83. The third-order valence-electron chi connectivity index (χ3n) is 2.02. The van der Waals surface area contributed by atoms with Crippen molar-refractivity contribution in [2.75, 3.05) is 11.9 Å². The number of amides is 1. The van der Waals surface area contributed by atoms with Crippen LogP contribution in [-0.4, -0.2) is 22.5 Å². The second-order valence-electron chi connectivity index (χ2n) is 3.35. The van der Waals surface area contributed by atoms with Crippen LogP contribution in [0.1, 0.15) is 0 Å². The number of halogens is 1. The Morgan fingerprint density at radius 2 is 1.94 bits per heavy atom. The van der Waals surface area contributed by atoms with Crippen LogP contribution in [0.15, 0.2) is 42.7 Å². The average molecular weight is 247 g/mol. The number of carbonyl (C=O) groups is 1. The molecule has 1 heterocycles. The minimum absolute atomic E-state index is 0.0983. The number of para-hydroxylation sites is 1. The third-order valence-corrected chi connectivity index (χ3v) is 2.02. The number of aromatic nitrogens is 2. The maximum atomic E-state index is 13.2. The summed E-state index contributed by atoms with van der Waals surface area (Å²) in [6.45, 7) is -0.279. The van der Waals surface area contributed by atoms with Crippen molar-refractivity contribution in [1.29, 1.82) is 0 Å². The molecule has 6 heteroatoms. The molecule has 2 aromatic rings. The molecule has 0 radical (unpaired) electrons. The van der Waals surface area contributed by atoms with E-state index in [0.29, 0.717) is 0 Å². The highest BCUT2D eigenvalue weighted by atomic mass is 19.1. The van der Waals surface area contributed by atoms with Crippen LogP contribution >= 0.6 is 0 Å². The maximum Gasteiger partial charge on any atom is 0.316 e. The lowest BCUT2D eigenvalue weighted by molar-refractivity contribution is -0.118. The minimum Gasteiger partial charge on any atom is -0.453 e. The summed E-state index contributed by atoms with van der Waals surface area (Å²) >= 11 is 0. The highest BCUT2D eigenvalue weighted by Crippen LogP contribution is 2.12. The fraction of sp³-hybridized carbons (Fsp3) is 0.0833. The van der Waals surface area contributed by atoms with Crippen LogP contribution in [0.2, 0.25) is 0 Å². The lowest BCUT2D eigenvalue weighted by atomic mass is 10.3. The molecule has 2 rings (SSSR count). The van der Waals surface area contributed by atoms with Crippen molar-refractivity contribution in [3.05, 3.63) is 48.5 Å². The van der Waals surface area contributed by atoms with Crippen LogP contribution in [-0.2, 0) is 4.79 Å². The fourth-order valence-corrected chi connectivity index (χ4v) is 1.24. The molecule has 5 nitrogen and oxygen atoms in total. The van der Waals surface area contributed by atoms with Crippen LogP contribution in [0.3, 0.4) is 0 Å². The molecule has 0 saturated heterocycles. The Morgan fingerprint density at radius 3 is 2.67 bits per heavy atom. The average Bonchev–Trinajstić information content (AvgIpc) is 2.40. The smallest absolute Gasteiger partial charge is 0.316 e. The predicted octanol–water partition coefficient (Wildman–Crippen LogP) is 1.63. The number of hydrogen-bond donors (Lipinski definition) is 1. The van der Waals surface area contributed by atoms with Gasteiger partial charge in [-0.1, -0.05) is 12.1 Å². The molecular formula is C12H10FN3O2. The molecule has 1 aromatic carbocycles. The van der Waals surface area contributed by atoms with Gasteiger partial charge in [0.15, 0.2) is 6.61 Å². The number of rotatable bonds is 4. The van der Waals surface area contributed by atoms with E-state index in [1.54, 1.807) is 18.2 Å². The van der Waals surface area contributed by atoms with Crippen molar-refractivity contribution in [3.8, 4) is 6.01 Å². The summed E-state index contributed by atoms with van der Waals surface area (Å²) in [5.41, 5.74) is 0.111. The molecular weight excluding hydrogens is 237 g/mol. The zero-order chi connectivity index (χ0) is 12.8. The summed E-state index contributed by atoms with van der Waals surface area (Å²) in [6, 6.07) is 7.62. The van der Waals surface area contributed by atoms with E-state index in [0.717, 1.165) is 0 Å². The van der Waals surface area contributed by atoms with Crippen molar-refractivity contribution in [2.45, 2.75) is 0 Å². The molecule has 92 valence electrons. The van der Waals surface area contributed by atoms with Gasteiger partial charge in [-0.05, 0) is 18.2 Å². The van der Waals surface area contributed by atoms with Gasteiger partial charge >= 0.3 is 6.01 Å². The van der Waals surface area contributed by atoms with Gasteiger partial charge in [0.05, 0.1) is 5.69 Å². The molecule has 0 atom stereocenters. The molecule has 1 aromatic heterocycles. The monoisotopic (exact) mass is 247 g/mol. The highest BCUT2D eigenvalue weighted by molar-refractivity contribution is 5.91. The van der Waals surface area contributed by atoms with Crippen LogP contribution in [0.4, 0.5) is 10.1 Å².